The van der Waals surface area contributed by atoms with Crippen LogP contribution in [0.15, 0.2) is 52.6 Å². The van der Waals surface area contributed by atoms with Crippen LogP contribution in [0, 0.1) is 0 Å². The molecule has 0 bridgehead atoms. The van der Waals surface area contributed by atoms with Crippen molar-refractivity contribution in [3.63, 3.8) is 0 Å². The number of phenolic OH excluding ortho intramolecular Hbond substituents is 1. The Morgan fingerprint density at radius 1 is 1.12 bits per heavy atom. The maximum Gasteiger partial charge on any atom is 0.266 e. The lowest BCUT2D eigenvalue weighted by atomic mass is 9.97. The number of H-pyrrole nitrogens is 1. The second-order valence-electron chi connectivity index (χ2n) is 5.87. The number of pyridine rings is 1. The fraction of sp³-hybridized carbons (Fsp3) is 0.150. The first-order chi connectivity index (χ1) is 12.2. The topological polar surface area (TPSA) is 62.3 Å². The molecule has 2 aromatic carbocycles. The molecule has 0 aliphatic heterocycles. The standard InChI is InChI=1S/C20H17NO3S/c1-2-10-24-13-5-3-12(4-6-13)17-16(22)8-7-15-18(17)14-9-11-25-19(14)20(23)21-15/h3-9,11,22H,2,10H2,1H3,(H,21,23). The highest BCUT2D eigenvalue weighted by Gasteiger charge is 2.15. The second-order valence-corrected chi connectivity index (χ2v) is 6.79. The lowest BCUT2D eigenvalue weighted by Crippen LogP contribution is -2.04. The van der Waals surface area contributed by atoms with Crippen LogP contribution in [0.1, 0.15) is 13.3 Å². The van der Waals surface area contributed by atoms with Gasteiger partial charge in [-0.25, -0.2) is 0 Å². The molecule has 25 heavy (non-hydrogen) atoms. The Morgan fingerprint density at radius 3 is 2.68 bits per heavy atom. The number of rotatable bonds is 4. The molecule has 2 aromatic heterocycles. The second kappa shape index (κ2) is 6.26. The monoisotopic (exact) mass is 351 g/mol. The summed E-state index contributed by atoms with van der Waals surface area (Å²) in [5, 5.41) is 14.1. The first-order valence-electron chi connectivity index (χ1n) is 8.17. The van der Waals surface area contributed by atoms with E-state index in [2.05, 4.69) is 11.9 Å². The highest BCUT2D eigenvalue weighted by Crippen LogP contribution is 2.39. The fourth-order valence-electron chi connectivity index (χ4n) is 3.07. The first kappa shape index (κ1) is 15.7. The van der Waals surface area contributed by atoms with Gasteiger partial charge in [-0.15, -0.1) is 11.3 Å². The van der Waals surface area contributed by atoms with Crippen LogP contribution in [0.5, 0.6) is 11.5 Å². The number of phenols is 1. The normalized spacial score (nSPS) is 11.2. The van der Waals surface area contributed by atoms with Crippen molar-refractivity contribution in [3.8, 4) is 22.6 Å². The Morgan fingerprint density at radius 2 is 1.92 bits per heavy atom. The molecule has 0 saturated heterocycles. The average molecular weight is 351 g/mol. The van der Waals surface area contributed by atoms with Crippen molar-refractivity contribution in [3.05, 3.63) is 58.2 Å². The van der Waals surface area contributed by atoms with Gasteiger partial charge in [-0.3, -0.25) is 4.79 Å². The number of aromatic amines is 1. The molecule has 0 spiro atoms. The zero-order valence-electron chi connectivity index (χ0n) is 13.7. The first-order valence-corrected chi connectivity index (χ1v) is 9.05. The van der Waals surface area contributed by atoms with Gasteiger partial charge in [-0.2, -0.15) is 0 Å². The molecule has 0 radical (unpaired) electrons. The molecule has 0 atom stereocenters. The average Bonchev–Trinajstić information content (AvgIpc) is 3.12. The van der Waals surface area contributed by atoms with Gasteiger partial charge in [0.15, 0.2) is 0 Å². The van der Waals surface area contributed by atoms with E-state index in [4.69, 9.17) is 4.74 Å². The van der Waals surface area contributed by atoms with Gasteiger partial charge < -0.3 is 14.8 Å². The molecule has 4 nitrogen and oxygen atoms in total. The summed E-state index contributed by atoms with van der Waals surface area (Å²) in [7, 11) is 0. The maximum absolute atomic E-state index is 12.2. The molecule has 4 aromatic rings. The molecule has 4 rings (SSSR count). The highest BCUT2D eigenvalue weighted by molar-refractivity contribution is 7.17. The van der Waals surface area contributed by atoms with Crippen molar-refractivity contribution in [2.45, 2.75) is 13.3 Å². The number of fused-ring (bicyclic) bond motifs is 3. The minimum absolute atomic E-state index is 0.0996. The van der Waals surface area contributed by atoms with Gasteiger partial charge in [-0.1, -0.05) is 19.1 Å². The van der Waals surface area contributed by atoms with Crippen LogP contribution in [-0.4, -0.2) is 16.7 Å². The summed E-state index contributed by atoms with van der Waals surface area (Å²) >= 11 is 1.40. The van der Waals surface area contributed by atoms with E-state index < -0.39 is 0 Å². The molecular formula is C20H17NO3S. The smallest absolute Gasteiger partial charge is 0.266 e. The van der Waals surface area contributed by atoms with Crippen LogP contribution >= 0.6 is 11.3 Å². The molecule has 0 amide bonds. The Balaban J connectivity index is 1.96. The lowest BCUT2D eigenvalue weighted by molar-refractivity contribution is 0.317. The van der Waals surface area contributed by atoms with Crippen molar-refractivity contribution in [2.75, 3.05) is 6.61 Å². The van der Waals surface area contributed by atoms with E-state index in [1.54, 1.807) is 12.1 Å². The van der Waals surface area contributed by atoms with Gasteiger partial charge in [0, 0.05) is 21.9 Å². The van der Waals surface area contributed by atoms with Crippen molar-refractivity contribution in [1.29, 1.82) is 0 Å². The summed E-state index contributed by atoms with van der Waals surface area (Å²) in [5.74, 6) is 0.994. The van der Waals surface area contributed by atoms with Gasteiger partial charge in [0.25, 0.3) is 5.56 Å². The van der Waals surface area contributed by atoms with E-state index in [9.17, 15) is 9.90 Å². The number of hydrogen-bond donors (Lipinski definition) is 2. The van der Waals surface area contributed by atoms with E-state index >= 15 is 0 Å². The zero-order chi connectivity index (χ0) is 17.4. The van der Waals surface area contributed by atoms with Crippen molar-refractivity contribution in [2.24, 2.45) is 0 Å². The summed E-state index contributed by atoms with van der Waals surface area (Å²) in [4.78, 5) is 15.1. The van der Waals surface area contributed by atoms with Crippen LogP contribution < -0.4 is 10.3 Å². The van der Waals surface area contributed by atoms with Gasteiger partial charge in [0.2, 0.25) is 0 Å². The zero-order valence-corrected chi connectivity index (χ0v) is 14.5. The number of thiophene rings is 1. The summed E-state index contributed by atoms with van der Waals surface area (Å²) in [6, 6.07) is 13.0. The minimum Gasteiger partial charge on any atom is -0.507 e. The number of benzene rings is 2. The largest absolute Gasteiger partial charge is 0.507 e. The molecule has 0 aliphatic rings. The molecule has 5 heteroatoms. The Labute approximate surface area is 148 Å². The Kier molecular flexibility index (Phi) is 3.93. The van der Waals surface area contributed by atoms with Crippen LogP contribution in [0.3, 0.4) is 0 Å². The Bertz CT molecular complexity index is 1110. The summed E-state index contributed by atoms with van der Waals surface area (Å²) in [5.41, 5.74) is 2.22. The predicted octanol–water partition coefficient (Wildman–Crippen LogP) is 4.90. The SMILES string of the molecule is CCCOc1ccc(-c2c(O)ccc3[nH]c(=O)c4sccc4c23)cc1. The summed E-state index contributed by atoms with van der Waals surface area (Å²) in [6.07, 6.45) is 0.954. The van der Waals surface area contributed by atoms with E-state index in [0.717, 1.165) is 39.6 Å². The number of hydrogen-bond acceptors (Lipinski definition) is 4. The number of aromatic hydroxyl groups is 1. The summed E-state index contributed by atoms with van der Waals surface area (Å²) in [6.45, 7) is 2.74. The molecular weight excluding hydrogens is 334 g/mol. The highest BCUT2D eigenvalue weighted by atomic mass is 32.1. The fourth-order valence-corrected chi connectivity index (χ4v) is 3.86. The number of nitrogens with one attached hydrogen (secondary N) is 1. The number of ether oxygens (including phenoxy) is 1. The van der Waals surface area contributed by atoms with Crippen LogP contribution in [0.4, 0.5) is 0 Å². The van der Waals surface area contributed by atoms with Crippen LogP contribution in [0.25, 0.3) is 32.1 Å². The third kappa shape index (κ3) is 2.66. The molecule has 0 fully saturated rings. The van der Waals surface area contributed by atoms with Gasteiger partial charge in [0.05, 0.1) is 6.61 Å². The van der Waals surface area contributed by atoms with E-state index in [1.165, 1.54) is 11.3 Å². The van der Waals surface area contributed by atoms with Crippen molar-refractivity contribution >= 4 is 32.3 Å². The molecule has 2 N–H and O–H groups in total. The molecule has 126 valence electrons. The lowest BCUT2D eigenvalue weighted by Gasteiger charge is -2.11. The third-order valence-corrected chi connectivity index (χ3v) is 5.10. The van der Waals surface area contributed by atoms with Crippen molar-refractivity contribution < 1.29 is 9.84 Å². The molecule has 0 aliphatic carbocycles. The van der Waals surface area contributed by atoms with Gasteiger partial charge in [-0.05, 0) is 47.7 Å². The van der Waals surface area contributed by atoms with E-state index in [0.29, 0.717) is 11.3 Å². The summed E-state index contributed by atoms with van der Waals surface area (Å²) < 4.78 is 6.30. The Hall–Kier alpha value is -2.79. The van der Waals surface area contributed by atoms with Gasteiger partial charge in [0.1, 0.15) is 16.2 Å². The predicted molar refractivity (Wildman–Crippen MR) is 103 cm³/mol. The van der Waals surface area contributed by atoms with E-state index in [-0.39, 0.29) is 11.3 Å². The van der Waals surface area contributed by atoms with Crippen molar-refractivity contribution in [1.82, 2.24) is 4.98 Å². The van der Waals surface area contributed by atoms with Crippen LogP contribution in [-0.2, 0) is 0 Å². The number of aromatic nitrogens is 1. The molecule has 0 saturated carbocycles. The third-order valence-electron chi connectivity index (χ3n) is 4.19. The van der Waals surface area contributed by atoms with E-state index in [1.807, 2.05) is 35.7 Å². The van der Waals surface area contributed by atoms with Gasteiger partial charge >= 0.3 is 0 Å². The maximum atomic E-state index is 12.2. The molecule has 0 unspecified atom stereocenters. The molecule has 2 heterocycles. The van der Waals surface area contributed by atoms with Crippen LogP contribution in [0.2, 0.25) is 0 Å². The quantitative estimate of drug-likeness (QED) is 0.549. The minimum atomic E-state index is -0.0996.